The predicted molar refractivity (Wildman–Crippen MR) is 78.9 cm³/mol. The summed E-state index contributed by atoms with van der Waals surface area (Å²) < 4.78 is 0. The minimum atomic E-state index is 0.373. The van der Waals surface area contributed by atoms with Crippen LogP contribution in [0, 0.1) is 5.92 Å². The van der Waals surface area contributed by atoms with Crippen molar-refractivity contribution in [2.75, 3.05) is 6.54 Å². The second kappa shape index (κ2) is 5.88. The van der Waals surface area contributed by atoms with Gasteiger partial charge in [0, 0.05) is 18.0 Å². The molecule has 1 aliphatic carbocycles. The van der Waals surface area contributed by atoms with Crippen LogP contribution in [0.25, 0.3) is 0 Å². The lowest BCUT2D eigenvalue weighted by Crippen LogP contribution is -2.43. The molecule has 0 amide bonds. The van der Waals surface area contributed by atoms with Crippen LogP contribution < -0.4 is 5.32 Å². The van der Waals surface area contributed by atoms with Crippen LogP contribution in [0.2, 0.25) is 0 Å². The molecule has 18 heavy (non-hydrogen) atoms. The van der Waals surface area contributed by atoms with Gasteiger partial charge in [0.05, 0.1) is 0 Å². The van der Waals surface area contributed by atoms with E-state index in [1.807, 2.05) is 0 Å². The molecule has 100 valence electrons. The Hall–Kier alpha value is -0.820. The van der Waals surface area contributed by atoms with Crippen LogP contribution in [0.3, 0.4) is 0 Å². The maximum atomic E-state index is 3.67. The molecule has 0 spiro atoms. The number of hydrogen-bond donors (Lipinski definition) is 1. The molecule has 0 radical (unpaired) electrons. The van der Waals surface area contributed by atoms with Gasteiger partial charge in [-0.2, -0.15) is 0 Å². The third-order valence-electron chi connectivity index (χ3n) is 4.47. The molecule has 1 nitrogen and oxygen atoms in total. The van der Waals surface area contributed by atoms with Gasteiger partial charge in [-0.15, -0.1) is 0 Å². The Kier molecular flexibility index (Phi) is 4.45. The molecule has 0 bridgehead atoms. The lowest BCUT2D eigenvalue weighted by Gasteiger charge is -2.41. The summed E-state index contributed by atoms with van der Waals surface area (Å²) in [4.78, 5) is 0. The fraction of sp³-hybridized carbons (Fsp3) is 0.647. The first-order valence-electron chi connectivity index (χ1n) is 7.41. The van der Waals surface area contributed by atoms with E-state index in [0.717, 1.165) is 12.5 Å². The van der Waals surface area contributed by atoms with E-state index in [1.165, 1.54) is 31.2 Å². The first-order chi connectivity index (χ1) is 8.62. The second-order valence-electron chi connectivity index (χ2n) is 6.36. The molecule has 2 rings (SSSR count). The minimum Gasteiger partial charge on any atom is -0.314 e. The standard InChI is InChI=1S/C17H27N/c1-14(2)18-13-17(11-9-15(3)10-12-17)16-7-5-4-6-8-16/h4-8,14-15,18H,9-13H2,1-3H3. The zero-order valence-electron chi connectivity index (χ0n) is 12.1. The van der Waals surface area contributed by atoms with Crippen molar-refractivity contribution in [1.82, 2.24) is 5.32 Å². The Bertz CT molecular complexity index is 347. The minimum absolute atomic E-state index is 0.373. The highest BCUT2D eigenvalue weighted by atomic mass is 14.9. The Morgan fingerprint density at radius 3 is 2.33 bits per heavy atom. The van der Waals surface area contributed by atoms with Gasteiger partial charge in [0.15, 0.2) is 0 Å². The van der Waals surface area contributed by atoms with Gasteiger partial charge in [-0.05, 0) is 37.2 Å². The average molecular weight is 245 g/mol. The van der Waals surface area contributed by atoms with Gasteiger partial charge in [-0.3, -0.25) is 0 Å². The molecule has 0 unspecified atom stereocenters. The molecule has 1 heteroatoms. The van der Waals surface area contributed by atoms with Gasteiger partial charge < -0.3 is 5.32 Å². The third-order valence-corrected chi connectivity index (χ3v) is 4.47. The van der Waals surface area contributed by atoms with Gasteiger partial charge in [0.2, 0.25) is 0 Å². The fourth-order valence-corrected chi connectivity index (χ4v) is 3.07. The van der Waals surface area contributed by atoms with E-state index < -0.39 is 0 Å². The van der Waals surface area contributed by atoms with Crippen LogP contribution in [0.15, 0.2) is 30.3 Å². The van der Waals surface area contributed by atoms with Crippen molar-refractivity contribution in [1.29, 1.82) is 0 Å². The molecular formula is C17H27N. The highest BCUT2D eigenvalue weighted by Gasteiger charge is 2.35. The quantitative estimate of drug-likeness (QED) is 0.841. The predicted octanol–water partition coefficient (Wildman–Crippen LogP) is 4.13. The van der Waals surface area contributed by atoms with Crippen LogP contribution in [-0.4, -0.2) is 12.6 Å². The summed E-state index contributed by atoms with van der Waals surface area (Å²) >= 11 is 0. The van der Waals surface area contributed by atoms with Crippen LogP contribution in [0.5, 0.6) is 0 Å². The topological polar surface area (TPSA) is 12.0 Å². The molecule has 1 aliphatic rings. The molecule has 0 aliphatic heterocycles. The van der Waals surface area contributed by atoms with Gasteiger partial charge in [-0.25, -0.2) is 0 Å². The van der Waals surface area contributed by atoms with Crippen molar-refractivity contribution in [3.05, 3.63) is 35.9 Å². The Labute approximate surface area is 112 Å². The number of rotatable bonds is 4. The van der Waals surface area contributed by atoms with Crippen molar-refractivity contribution >= 4 is 0 Å². The third kappa shape index (κ3) is 3.14. The first-order valence-corrected chi connectivity index (χ1v) is 7.41. The molecule has 1 aromatic carbocycles. The molecule has 0 aromatic heterocycles. The zero-order chi connectivity index (χ0) is 13.0. The highest BCUT2D eigenvalue weighted by Crippen LogP contribution is 2.41. The summed E-state index contributed by atoms with van der Waals surface area (Å²) in [6, 6.07) is 11.7. The molecule has 0 atom stereocenters. The monoisotopic (exact) mass is 245 g/mol. The maximum Gasteiger partial charge on any atom is 0.00780 e. The largest absolute Gasteiger partial charge is 0.314 e. The number of hydrogen-bond acceptors (Lipinski definition) is 1. The van der Waals surface area contributed by atoms with Crippen LogP contribution >= 0.6 is 0 Å². The highest BCUT2D eigenvalue weighted by molar-refractivity contribution is 5.26. The molecule has 1 aromatic rings. The molecule has 1 fully saturated rings. The SMILES string of the molecule is CC1CCC(CNC(C)C)(c2ccccc2)CC1. The lowest BCUT2D eigenvalue weighted by atomic mass is 9.67. The fourth-order valence-electron chi connectivity index (χ4n) is 3.07. The van der Waals surface area contributed by atoms with Crippen molar-refractivity contribution in [2.45, 2.75) is 57.9 Å². The first kappa shape index (κ1) is 13.6. The number of nitrogens with one attached hydrogen (secondary N) is 1. The van der Waals surface area contributed by atoms with Gasteiger partial charge in [0.1, 0.15) is 0 Å². The molecular weight excluding hydrogens is 218 g/mol. The van der Waals surface area contributed by atoms with Crippen LogP contribution in [0.4, 0.5) is 0 Å². The summed E-state index contributed by atoms with van der Waals surface area (Å²) in [7, 11) is 0. The molecule has 0 saturated heterocycles. The maximum absolute atomic E-state index is 3.67. The molecule has 1 saturated carbocycles. The van der Waals surface area contributed by atoms with Crippen molar-refractivity contribution in [2.24, 2.45) is 5.92 Å². The van der Waals surface area contributed by atoms with E-state index in [4.69, 9.17) is 0 Å². The van der Waals surface area contributed by atoms with Gasteiger partial charge >= 0.3 is 0 Å². The van der Waals surface area contributed by atoms with Crippen molar-refractivity contribution in [3.8, 4) is 0 Å². The van der Waals surface area contributed by atoms with Crippen molar-refractivity contribution < 1.29 is 0 Å². The van der Waals surface area contributed by atoms with E-state index in [9.17, 15) is 0 Å². The lowest BCUT2D eigenvalue weighted by molar-refractivity contribution is 0.229. The van der Waals surface area contributed by atoms with Gasteiger partial charge in [0.25, 0.3) is 0 Å². The van der Waals surface area contributed by atoms with E-state index in [1.54, 1.807) is 0 Å². The van der Waals surface area contributed by atoms with Crippen molar-refractivity contribution in [3.63, 3.8) is 0 Å². The number of benzene rings is 1. The zero-order valence-corrected chi connectivity index (χ0v) is 12.1. The van der Waals surface area contributed by atoms with Crippen LogP contribution in [0.1, 0.15) is 52.0 Å². The Morgan fingerprint density at radius 1 is 1.17 bits per heavy atom. The summed E-state index contributed by atoms with van der Waals surface area (Å²) in [6.45, 7) is 8.00. The smallest absolute Gasteiger partial charge is 0.00780 e. The summed E-state index contributed by atoms with van der Waals surface area (Å²) in [5.74, 6) is 0.904. The Balaban J connectivity index is 2.17. The molecule has 1 N–H and O–H groups in total. The Morgan fingerprint density at radius 2 is 1.78 bits per heavy atom. The van der Waals surface area contributed by atoms with E-state index in [-0.39, 0.29) is 0 Å². The normalized spacial score (nSPS) is 28.6. The summed E-state index contributed by atoms with van der Waals surface area (Å²) in [5.41, 5.74) is 1.91. The van der Waals surface area contributed by atoms with Crippen LogP contribution in [-0.2, 0) is 5.41 Å². The van der Waals surface area contributed by atoms with E-state index in [2.05, 4.69) is 56.4 Å². The van der Waals surface area contributed by atoms with E-state index in [0.29, 0.717) is 11.5 Å². The van der Waals surface area contributed by atoms with E-state index >= 15 is 0 Å². The van der Waals surface area contributed by atoms with Gasteiger partial charge in [-0.1, -0.05) is 51.1 Å². The second-order valence-corrected chi connectivity index (χ2v) is 6.36. The summed E-state index contributed by atoms with van der Waals surface area (Å²) in [5, 5.41) is 3.67. The average Bonchev–Trinajstić information content (AvgIpc) is 2.39. The molecule has 0 heterocycles. The summed E-state index contributed by atoms with van der Waals surface area (Å²) in [6.07, 6.45) is 5.40.